The second-order valence-corrected chi connectivity index (χ2v) is 8.46. The second kappa shape index (κ2) is 10.7. The molecule has 0 aliphatic carbocycles. The highest BCUT2D eigenvalue weighted by Gasteiger charge is 2.18. The van der Waals surface area contributed by atoms with Crippen molar-refractivity contribution in [1.82, 2.24) is 24.9 Å². The van der Waals surface area contributed by atoms with E-state index in [0.29, 0.717) is 18.5 Å². The Labute approximate surface area is 195 Å². The molecular formula is C26H32FN5O. The van der Waals surface area contributed by atoms with Crippen molar-refractivity contribution < 1.29 is 9.18 Å². The molecule has 2 aromatic carbocycles. The molecule has 6 nitrogen and oxygen atoms in total. The molecule has 1 aromatic heterocycles. The Morgan fingerprint density at radius 2 is 1.58 bits per heavy atom. The molecule has 0 bridgehead atoms. The number of benzene rings is 2. The van der Waals surface area contributed by atoms with E-state index in [0.717, 1.165) is 56.2 Å². The smallest absolute Gasteiger partial charge is 0.255 e. The predicted molar refractivity (Wildman–Crippen MR) is 128 cm³/mol. The number of aromatic nitrogens is 2. The van der Waals surface area contributed by atoms with Gasteiger partial charge in [-0.05, 0) is 48.4 Å². The van der Waals surface area contributed by atoms with E-state index in [4.69, 9.17) is 0 Å². The number of likely N-dealkylation sites (N-methyl/N-ethyl adjacent to an activating group) is 1. The van der Waals surface area contributed by atoms with Crippen LogP contribution in [0.2, 0.25) is 0 Å². The van der Waals surface area contributed by atoms with Crippen molar-refractivity contribution >= 4 is 5.91 Å². The number of hydrogen-bond acceptors (Lipinski definition) is 4. The van der Waals surface area contributed by atoms with E-state index in [-0.39, 0.29) is 11.7 Å². The molecule has 3 aromatic rings. The third-order valence-corrected chi connectivity index (χ3v) is 6.31. The highest BCUT2D eigenvalue weighted by Crippen LogP contribution is 2.17. The summed E-state index contributed by atoms with van der Waals surface area (Å²) >= 11 is 0. The van der Waals surface area contributed by atoms with Crippen molar-refractivity contribution in [2.45, 2.75) is 33.4 Å². The summed E-state index contributed by atoms with van der Waals surface area (Å²) in [6.45, 7) is 11.2. The first kappa shape index (κ1) is 23.1. The summed E-state index contributed by atoms with van der Waals surface area (Å²) < 4.78 is 14.9. The molecule has 0 radical (unpaired) electrons. The average Bonchev–Trinajstić information content (AvgIpc) is 3.28. The SMILES string of the molecule is CCc1c(C(=O)NCc2ccc(CN3CCN(CC)CC3)cc2)cnn1-c1ccc(F)cc1. The maximum atomic E-state index is 13.3. The monoisotopic (exact) mass is 449 g/mol. The van der Waals surface area contributed by atoms with E-state index in [1.54, 1.807) is 23.0 Å². The fraction of sp³-hybridized carbons (Fsp3) is 0.385. The van der Waals surface area contributed by atoms with Gasteiger partial charge < -0.3 is 10.2 Å². The lowest BCUT2D eigenvalue weighted by Gasteiger charge is -2.34. The lowest BCUT2D eigenvalue weighted by molar-refractivity contribution is 0.0950. The highest BCUT2D eigenvalue weighted by molar-refractivity contribution is 5.95. The third-order valence-electron chi connectivity index (χ3n) is 6.31. The molecule has 2 heterocycles. The molecule has 1 aliphatic heterocycles. The van der Waals surface area contributed by atoms with Gasteiger partial charge in [-0.1, -0.05) is 38.1 Å². The van der Waals surface area contributed by atoms with Crippen molar-refractivity contribution in [1.29, 1.82) is 0 Å². The summed E-state index contributed by atoms with van der Waals surface area (Å²) in [7, 11) is 0. The van der Waals surface area contributed by atoms with Crippen LogP contribution in [0, 0.1) is 5.82 Å². The number of carbonyl (C=O) groups is 1. The van der Waals surface area contributed by atoms with Gasteiger partial charge in [-0.3, -0.25) is 9.69 Å². The van der Waals surface area contributed by atoms with E-state index in [1.165, 1.54) is 17.7 Å². The first-order valence-corrected chi connectivity index (χ1v) is 11.7. The zero-order valence-electron chi connectivity index (χ0n) is 19.4. The molecule has 0 spiro atoms. The number of piperazine rings is 1. The first-order valence-electron chi connectivity index (χ1n) is 11.7. The first-order chi connectivity index (χ1) is 16.1. The second-order valence-electron chi connectivity index (χ2n) is 8.46. The summed E-state index contributed by atoms with van der Waals surface area (Å²) in [5.41, 5.74) is 4.44. The maximum absolute atomic E-state index is 13.3. The van der Waals surface area contributed by atoms with Crippen LogP contribution >= 0.6 is 0 Å². The van der Waals surface area contributed by atoms with Crippen molar-refractivity contribution in [3.8, 4) is 5.69 Å². The fourth-order valence-electron chi connectivity index (χ4n) is 4.27. The van der Waals surface area contributed by atoms with Gasteiger partial charge in [0.1, 0.15) is 5.82 Å². The van der Waals surface area contributed by atoms with Crippen LogP contribution in [0.25, 0.3) is 5.69 Å². The van der Waals surface area contributed by atoms with Gasteiger partial charge in [0.25, 0.3) is 5.91 Å². The molecule has 4 rings (SSSR count). The molecule has 1 aliphatic rings. The van der Waals surface area contributed by atoms with Crippen molar-refractivity contribution in [3.63, 3.8) is 0 Å². The Kier molecular flexibility index (Phi) is 7.52. The highest BCUT2D eigenvalue weighted by atomic mass is 19.1. The summed E-state index contributed by atoms with van der Waals surface area (Å²) in [6, 6.07) is 14.6. The minimum Gasteiger partial charge on any atom is -0.348 e. The minimum absolute atomic E-state index is 0.155. The summed E-state index contributed by atoms with van der Waals surface area (Å²) in [5.74, 6) is -0.454. The van der Waals surface area contributed by atoms with Crippen LogP contribution < -0.4 is 5.32 Å². The normalized spacial score (nSPS) is 15.0. The third kappa shape index (κ3) is 5.67. The molecule has 0 atom stereocenters. The van der Waals surface area contributed by atoms with Crippen LogP contribution in [0.4, 0.5) is 4.39 Å². The van der Waals surface area contributed by atoms with Gasteiger partial charge in [0.15, 0.2) is 0 Å². The van der Waals surface area contributed by atoms with E-state index >= 15 is 0 Å². The van der Waals surface area contributed by atoms with Crippen LogP contribution in [0.3, 0.4) is 0 Å². The number of amides is 1. The summed E-state index contributed by atoms with van der Waals surface area (Å²) in [6.07, 6.45) is 2.22. The van der Waals surface area contributed by atoms with Gasteiger partial charge in [-0.25, -0.2) is 9.07 Å². The number of hydrogen-bond donors (Lipinski definition) is 1. The molecule has 1 saturated heterocycles. The predicted octanol–water partition coefficient (Wildman–Crippen LogP) is 3.64. The fourth-order valence-corrected chi connectivity index (χ4v) is 4.27. The maximum Gasteiger partial charge on any atom is 0.255 e. The molecule has 0 unspecified atom stereocenters. The number of nitrogens with zero attached hydrogens (tertiary/aromatic N) is 4. The molecule has 1 N–H and O–H groups in total. The molecular weight excluding hydrogens is 417 g/mol. The van der Waals surface area contributed by atoms with Crippen molar-refractivity contribution in [2.24, 2.45) is 0 Å². The van der Waals surface area contributed by atoms with Gasteiger partial charge >= 0.3 is 0 Å². The van der Waals surface area contributed by atoms with Gasteiger partial charge in [0, 0.05) is 39.3 Å². The largest absolute Gasteiger partial charge is 0.348 e. The van der Waals surface area contributed by atoms with Crippen LogP contribution in [0.1, 0.15) is 41.0 Å². The quantitative estimate of drug-likeness (QED) is 0.571. The number of nitrogens with one attached hydrogen (secondary N) is 1. The zero-order chi connectivity index (χ0) is 23.2. The van der Waals surface area contributed by atoms with Crippen LogP contribution in [-0.2, 0) is 19.5 Å². The van der Waals surface area contributed by atoms with Crippen LogP contribution in [-0.4, -0.2) is 58.2 Å². The van der Waals surface area contributed by atoms with Crippen LogP contribution in [0.5, 0.6) is 0 Å². The van der Waals surface area contributed by atoms with Gasteiger partial charge in [0.2, 0.25) is 0 Å². The van der Waals surface area contributed by atoms with Crippen molar-refractivity contribution in [3.05, 3.63) is 82.9 Å². The summed E-state index contributed by atoms with van der Waals surface area (Å²) in [5, 5.41) is 7.37. The number of carbonyl (C=O) groups excluding carboxylic acids is 1. The van der Waals surface area contributed by atoms with E-state index < -0.39 is 0 Å². The minimum atomic E-state index is -0.299. The lowest BCUT2D eigenvalue weighted by Crippen LogP contribution is -2.45. The van der Waals surface area contributed by atoms with E-state index in [2.05, 4.69) is 51.4 Å². The molecule has 0 saturated carbocycles. The number of rotatable bonds is 8. The molecule has 1 fully saturated rings. The Bertz CT molecular complexity index is 1050. The number of halogens is 1. The Morgan fingerprint density at radius 1 is 0.939 bits per heavy atom. The van der Waals surface area contributed by atoms with Gasteiger partial charge in [-0.2, -0.15) is 5.10 Å². The van der Waals surface area contributed by atoms with Gasteiger partial charge in [-0.15, -0.1) is 0 Å². The van der Waals surface area contributed by atoms with E-state index in [9.17, 15) is 9.18 Å². The molecule has 174 valence electrons. The topological polar surface area (TPSA) is 53.4 Å². The molecule has 1 amide bonds. The van der Waals surface area contributed by atoms with E-state index in [1.807, 2.05) is 6.92 Å². The van der Waals surface area contributed by atoms with Crippen LogP contribution in [0.15, 0.2) is 54.7 Å². The Morgan fingerprint density at radius 3 is 2.21 bits per heavy atom. The van der Waals surface area contributed by atoms with Crippen molar-refractivity contribution in [2.75, 3.05) is 32.7 Å². The lowest BCUT2D eigenvalue weighted by atomic mass is 10.1. The molecule has 33 heavy (non-hydrogen) atoms. The standard InChI is InChI=1S/C26H32FN5O/c1-3-25-24(18-29-32(25)23-11-9-22(27)10-12-23)26(33)28-17-20-5-7-21(8-6-20)19-31-15-13-30(4-2)14-16-31/h5-12,18H,3-4,13-17,19H2,1-2H3,(H,28,33). The Balaban J connectivity index is 1.34. The molecule has 7 heteroatoms. The average molecular weight is 450 g/mol. The zero-order valence-corrected chi connectivity index (χ0v) is 19.4. The van der Waals surface area contributed by atoms with Gasteiger partial charge in [0.05, 0.1) is 23.1 Å². The Hall–Kier alpha value is -3.03. The summed E-state index contributed by atoms with van der Waals surface area (Å²) in [4.78, 5) is 17.8.